The maximum Gasteiger partial charge on any atom is 0.306 e. The number of hydrogen-bond donors (Lipinski definition) is 0. The lowest BCUT2D eigenvalue weighted by atomic mass is 10.3. The number of esters is 1. The second-order valence-electron chi connectivity index (χ2n) is 3.50. The molecule has 0 saturated heterocycles. The van der Waals surface area contributed by atoms with Gasteiger partial charge in [0.05, 0.1) is 13.5 Å². The van der Waals surface area contributed by atoms with Crippen LogP contribution in [0.2, 0.25) is 0 Å². The van der Waals surface area contributed by atoms with E-state index >= 15 is 0 Å². The molecule has 1 rings (SSSR count). The van der Waals surface area contributed by atoms with Crippen molar-refractivity contribution in [3.05, 3.63) is 17.5 Å². The number of nitriles is 1. The van der Waals surface area contributed by atoms with Crippen LogP contribution >= 0.6 is 11.8 Å². The van der Waals surface area contributed by atoms with E-state index in [9.17, 15) is 4.79 Å². The van der Waals surface area contributed by atoms with Gasteiger partial charge >= 0.3 is 5.97 Å². The van der Waals surface area contributed by atoms with Crippen LogP contribution in [-0.4, -0.2) is 28.3 Å². The molecule has 0 aliphatic rings. The maximum absolute atomic E-state index is 11.1. The van der Waals surface area contributed by atoms with Crippen LogP contribution in [0.5, 0.6) is 0 Å². The van der Waals surface area contributed by atoms with Gasteiger partial charge in [0.25, 0.3) is 0 Å². The van der Waals surface area contributed by atoms with Gasteiger partial charge in [0, 0.05) is 10.9 Å². The van der Waals surface area contributed by atoms with E-state index in [1.807, 2.05) is 13.0 Å². The average Bonchev–Trinajstić information content (AvgIpc) is 2.27. The predicted octanol–water partition coefficient (Wildman–Crippen LogP) is 1.70. The summed E-state index contributed by atoms with van der Waals surface area (Å²) in [5.74, 6) is -0.266. The summed E-state index contributed by atoms with van der Waals surface area (Å²) in [6, 6.07) is 3.60. The minimum absolute atomic E-state index is 0.00999. The van der Waals surface area contributed by atoms with Crippen LogP contribution in [0, 0.1) is 18.3 Å². The van der Waals surface area contributed by atoms with E-state index in [0.717, 1.165) is 5.69 Å². The second-order valence-corrected chi connectivity index (χ2v) is 4.90. The molecule has 0 aromatic carbocycles. The number of hydrogen-bond acceptors (Lipinski definition) is 6. The van der Waals surface area contributed by atoms with Gasteiger partial charge in [-0.05, 0) is 13.0 Å². The second kappa shape index (κ2) is 6.21. The summed E-state index contributed by atoms with van der Waals surface area (Å²) in [4.78, 5) is 19.3. The first kappa shape index (κ1) is 13.5. The molecular formula is C11H13N3O2S. The predicted molar refractivity (Wildman–Crippen MR) is 63.4 cm³/mol. The first-order valence-corrected chi connectivity index (χ1v) is 5.92. The van der Waals surface area contributed by atoms with Gasteiger partial charge in [-0.15, -0.1) is 0 Å². The number of aromatic nitrogens is 2. The van der Waals surface area contributed by atoms with Crippen molar-refractivity contribution < 1.29 is 9.53 Å². The van der Waals surface area contributed by atoms with Gasteiger partial charge in [-0.25, -0.2) is 9.97 Å². The minimum Gasteiger partial charge on any atom is -0.469 e. The Balaban J connectivity index is 2.71. The van der Waals surface area contributed by atoms with Crippen molar-refractivity contribution >= 4 is 17.7 Å². The zero-order chi connectivity index (χ0) is 12.8. The summed E-state index contributed by atoms with van der Waals surface area (Å²) in [7, 11) is 1.36. The lowest BCUT2D eigenvalue weighted by Gasteiger charge is -2.08. The highest BCUT2D eigenvalue weighted by molar-refractivity contribution is 7.99. The molecule has 0 bridgehead atoms. The Morgan fingerprint density at radius 3 is 2.94 bits per heavy atom. The molecule has 90 valence electrons. The van der Waals surface area contributed by atoms with Crippen molar-refractivity contribution in [1.29, 1.82) is 5.26 Å². The highest BCUT2D eigenvalue weighted by atomic mass is 32.2. The maximum atomic E-state index is 11.1. The van der Waals surface area contributed by atoms with Gasteiger partial charge in [0.15, 0.2) is 5.16 Å². The number of aryl methyl sites for hydroxylation is 1. The zero-order valence-electron chi connectivity index (χ0n) is 9.93. The highest BCUT2D eigenvalue weighted by Crippen LogP contribution is 2.22. The van der Waals surface area contributed by atoms with Gasteiger partial charge in [0.1, 0.15) is 11.8 Å². The Bertz CT molecular complexity index is 457. The van der Waals surface area contributed by atoms with E-state index < -0.39 is 0 Å². The van der Waals surface area contributed by atoms with Crippen molar-refractivity contribution in [3.63, 3.8) is 0 Å². The molecule has 1 heterocycles. The summed E-state index contributed by atoms with van der Waals surface area (Å²) in [6.07, 6.45) is 0.292. The molecule has 5 nitrogen and oxygen atoms in total. The fourth-order valence-electron chi connectivity index (χ4n) is 1.19. The minimum atomic E-state index is -0.266. The highest BCUT2D eigenvalue weighted by Gasteiger charge is 2.13. The zero-order valence-corrected chi connectivity index (χ0v) is 10.7. The molecule has 0 aliphatic carbocycles. The number of nitrogens with zero attached hydrogens (tertiary/aromatic N) is 3. The molecule has 1 unspecified atom stereocenters. The molecule has 6 heteroatoms. The Kier molecular flexibility index (Phi) is 4.91. The topological polar surface area (TPSA) is 75.9 Å². The smallest absolute Gasteiger partial charge is 0.306 e. The Morgan fingerprint density at radius 2 is 2.35 bits per heavy atom. The molecule has 17 heavy (non-hydrogen) atoms. The third-order valence-corrected chi connectivity index (χ3v) is 2.90. The van der Waals surface area contributed by atoms with Gasteiger partial charge in [-0.1, -0.05) is 18.7 Å². The number of ether oxygens (including phenoxy) is 1. The largest absolute Gasteiger partial charge is 0.469 e. The third-order valence-electron chi connectivity index (χ3n) is 1.94. The van der Waals surface area contributed by atoms with Crippen molar-refractivity contribution in [1.82, 2.24) is 9.97 Å². The van der Waals surface area contributed by atoms with Gasteiger partial charge in [0.2, 0.25) is 0 Å². The molecule has 0 spiro atoms. The number of methoxy groups -OCH3 is 1. The normalized spacial score (nSPS) is 11.6. The number of rotatable bonds is 4. The average molecular weight is 251 g/mol. The molecule has 0 radical (unpaired) electrons. The number of carbonyl (C=O) groups is 1. The van der Waals surface area contributed by atoms with E-state index in [1.54, 1.807) is 13.0 Å². The molecule has 0 amide bonds. The van der Waals surface area contributed by atoms with E-state index in [0.29, 0.717) is 17.3 Å². The van der Waals surface area contributed by atoms with E-state index in [-0.39, 0.29) is 11.2 Å². The fraction of sp³-hybridized carbons (Fsp3) is 0.455. The monoisotopic (exact) mass is 251 g/mol. The summed E-state index contributed by atoms with van der Waals surface area (Å²) >= 11 is 1.36. The molecule has 0 fully saturated rings. The molecule has 0 N–H and O–H groups in total. The van der Waals surface area contributed by atoms with Crippen molar-refractivity contribution in [2.45, 2.75) is 30.7 Å². The SMILES string of the molecule is COC(=O)CC(C)Sc1nc(C)cc(C#N)n1. The van der Waals surface area contributed by atoms with Crippen molar-refractivity contribution in [2.24, 2.45) is 0 Å². The molecule has 1 aromatic rings. The Hall–Kier alpha value is -1.61. The van der Waals surface area contributed by atoms with Crippen molar-refractivity contribution in [2.75, 3.05) is 7.11 Å². The summed E-state index contributed by atoms with van der Waals surface area (Å²) in [6.45, 7) is 3.69. The van der Waals surface area contributed by atoms with Crippen LogP contribution in [0.4, 0.5) is 0 Å². The van der Waals surface area contributed by atoms with Crippen molar-refractivity contribution in [3.8, 4) is 6.07 Å². The molecule has 1 aromatic heterocycles. The Labute approximate surface area is 104 Å². The molecular weight excluding hydrogens is 238 g/mol. The standard InChI is InChI=1S/C11H13N3O2S/c1-7-4-9(6-12)14-11(13-7)17-8(2)5-10(15)16-3/h4,8H,5H2,1-3H3. The Morgan fingerprint density at radius 1 is 1.65 bits per heavy atom. The lowest BCUT2D eigenvalue weighted by Crippen LogP contribution is -2.09. The summed E-state index contributed by atoms with van der Waals surface area (Å²) in [5, 5.41) is 9.30. The molecule has 0 saturated carbocycles. The van der Waals surface area contributed by atoms with Crippen LogP contribution in [-0.2, 0) is 9.53 Å². The number of thioether (sulfide) groups is 1. The van der Waals surface area contributed by atoms with E-state index in [2.05, 4.69) is 14.7 Å². The van der Waals surface area contributed by atoms with Crippen LogP contribution < -0.4 is 0 Å². The molecule has 1 atom stereocenters. The lowest BCUT2D eigenvalue weighted by molar-refractivity contribution is -0.140. The van der Waals surface area contributed by atoms with Gasteiger partial charge in [-0.3, -0.25) is 4.79 Å². The van der Waals surface area contributed by atoms with E-state index in [4.69, 9.17) is 5.26 Å². The third kappa shape index (κ3) is 4.41. The van der Waals surface area contributed by atoms with Gasteiger partial charge < -0.3 is 4.74 Å². The van der Waals surface area contributed by atoms with E-state index in [1.165, 1.54) is 18.9 Å². The first-order chi connectivity index (χ1) is 8.05. The summed E-state index contributed by atoms with van der Waals surface area (Å²) < 4.78 is 4.58. The number of carbonyl (C=O) groups excluding carboxylic acids is 1. The summed E-state index contributed by atoms with van der Waals surface area (Å²) in [5.41, 5.74) is 1.08. The first-order valence-electron chi connectivity index (χ1n) is 5.04. The van der Waals surface area contributed by atoms with Crippen LogP contribution in [0.1, 0.15) is 24.7 Å². The quantitative estimate of drug-likeness (QED) is 0.460. The van der Waals surface area contributed by atoms with Gasteiger partial charge in [-0.2, -0.15) is 5.26 Å². The fourth-order valence-corrected chi connectivity index (χ4v) is 2.12. The van der Waals surface area contributed by atoms with Crippen LogP contribution in [0.3, 0.4) is 0 Å². The van der Waals surface area contributed by atoms with Crippen LogP contribution in [0.15, 0.2) is 11.2 Å². The molecule has 0 aliphatic heterocycles. The van der Waals surface area contributed by atoms with Crippen LogP contribution in [0.25, 0.3) is 0 Å².